The molecular formula is C25H30N4O2. The van der Waals surface area contributed by atoms with Crippen molar-refractivity contribution >= 4 is 11.5 Å². The summed E-state index contributed by atoms with van der Waals surface area (Å²) in [5, 5.41) is 4.14. The van der Waals surface area contributed by atoms with Gasteiger partial charge in [0.25, 0.3) is 0 Å². The second-order valence-electron chi connectivity index (χ2n) is 8.02. The van der Waals surface area contributed by atoms with Crippen LogP contribution in [0.3, 0.4) is 0 Å². The van der Waals surface area contributed by atoms with E-state index in [0.717, 1.165) is 55.8 Å². The molecule has 1 fully saturated rings. The maximum absolute atomic E-state index is 12.7. The molecule has 0 atom stereocenters. The second kappa shape index (κ2) is 9.88. The summed E-state index contributed by atoms with van der Waals surface area (Å²) in [6.07, 6.45) is 1.84. The molecule has 31 heavy (non-hydrogen) atoms. The SMILES string of the molecule is CCN(CC)c1ccc(C(=O)CN2CCC(c3nc(-c4ccccc4)no3)CC2)cc1. The molecule has 0 saturated carbocycles. The van der Waals surface area contributed by atoms with E-state index < -0.39 is 0 Å². The highest BCUT2D eigenvalue weighted by molar-refractivity contribution is 5.97. The van der Waals surface area contributed by atoms with Gasteiger partial charge in [0.15, 0.2) is 5.78 Å². The first-order valence-electron chi connectivity index (χ1n) is 11.2. The Balaban J connectivity index is 1.30. The van der Waals surface area contributed by atoms with E-state index in [0.29, 0.717) is 18.3 Å². The number of hydrogen-bond acceptors (Lipinski definition) is 6. The summed E-state index contributed by atoms with van der Waals surface area (Å²) in [6.45, 7) is 8.38. The Morgan fingerprint density at radius 2 is 1.71 bits per heavy atom. The summed E-state index contributed by atoms with van der Waals surface area (Å²) in [4.78, 5) is 21.9. The van der Waals surface area contributed by atoms with Crippen molar-refractivity contribution in [2.75, 3.05) is 37.6 Å². The number of anilines is 1. The molecule has 1 aliphatic heterocycles. The van der Waals surface area contributed by atoms with Crippen LogP contribution in [-0.2, 0) is 0 Å². The lowest BCUT2D eigenvalue weighted by atomic mass is 9.96. The monoisotopic (exact) mass is 418 g/mol. The molecule has 0 aliphatic carbocycles. The summed E-state index contributed by atoms with van der Waals surface area (Å²) in [7, 11) is 0. The summed E-state index contributed by atoms with van der Waals surface area (Å²) in [6, 6.07) is 17.9. The molecule has 6 heteroatoms. The van der Waals surface area contributed by atoms with Gasteiger partial charge in [0.1, 0.15) is 0 Å². The van der Waals surface area contributed by atoms with Crippen LogP contribution < -0.4 is 4.90 Å². The van der Waals surface area contributed by atoms with Gasteiger partial charge < -0.3 is 9.42 Å². The number of Topliss-reactive ketones (excluding diaryl/α,β-unsaturated/α-hetero) is 1. The Bertz CT molecular complexity index is 972. The molecule has 1 aromatic heterocycles. The number of carbonyl (C=O) groups excluding carboxylic acids is 1. The van der Waals surface area contributed by atoms with Gasteiger partial charge in [0, 0.05) is 35.8 Å². The maximum Gasteiger partial charge on any atom is 0.230 e. The first-order valence-corrected chi connectivity index (χ1v) is 11.2. The molecule has 0 spiro atoms. The molecule has 2 aromatic carbocycles. The van der Waals surface area contributed by atoms with E-state index in [9.17, 15) is 4.79 Å². The number of rotatable bonds is 8. The molecule has 0 unspecified atom stereocenters. The van der Waals surface area contributed by atoms with E-state index in [2.05, 4.69) is 33.8 Å². The zero-order valence-electron chi connectivity index (χ0n) is 18.3. The Morgan fingerprint density at radius 3 is 2.35 bits per heavy atom. The number of carbonyl (C=O) groups is 1. The van der Waals surface area contributed by atoms with Gasteiger partial charge in [-0.05, 0) is 64.0 Å². The van der Waals surface area contributed by atoms with E-state index in [1.54, 1.807) is 0 Å². The van der Waals surface area contributed by atoms with E-state index in [1.807, 2.05) is 54.6 Å². The van der Waals surface area contributed by atoms with Crippen molar-refractivity contribution in [2.24, 2.45) is 0 Å². The van der Waals surface area contributed by atoms with Crippen molar-refractivity contribution in [1.82, 2.24) is 15.0 Å². The fraction of sp³-hybridized carbons (Fsp3) is 0.400. The lowest BCUT2D eigenvalue weighted by Crippen LogP contribution is -2.36. The lowest BCUT2D eigenvalue weighted by molar-refractivity contribution is 0.0904. The molecule has 6 nitrogen and oxygen atoms in total. The molecule has 162 valence electrons. The molecule has 0 radical (unpaired) electrons. The van der Waals surface area contributed by atoms with Crippen molar-refractivity contribution in [3.8, 4) is 11.4 Å². The van der Waals surface area contributed by atoms with Gasteiger partial charge in [-0.25, -0.2) is 0 Å². The first kappa shape index (κ1) is 21.2. The van der Waals surface area contributed by atoms with Gasteiger partial charge in [-0.15, -0.1) is 0 Å². The maximum atomic E-state index is 12.7. The Morgan fingerprint density at radius 1 is 1.03 bits per heavy atom. The Hall–Kier alpha value is -2.99. The second-order valence-corrected chi connectivity index (χ2v) is 8.02. The summed E-state index contributed by atoms with van der Waals surface area (Å²) < 4.78 is 5.54. The van der Waals surface area contributed by atoms with Gasteiger partial charge in [-0.3, -0.25) is 9.69 Å². The van der Waals surface area contributed by atoms with E-state index in [4.69, 9.17) is 4.52 Å². The first-order chi connectivity index (χ1) is 15.2. The minimum Gasteiger partial charge on any atom is -0.372 e. The van der Waals surface area contributed by atoms with Crippen LogP contribution in [0.1, 0.15) is 48.9 Å². The van der Waals surface area contributed by atoms with Crippen molar-refractivity contribution in [3.63, 3.8) is 0 Å². The van der Waals surface area contributed by atoms with Crippen LogP contribution in [-0.4, -0.2) is 53.5 Å². The number of hydrogen-bond donors (Lipinski definition) is 0. The molecule has 3 aromatic rings. The fourth-order valence-electron chi connectivity index (χ4n) is 4.18. The van der Waals surface area contributed by atoms with Crippen LogP contribution in [0.4, 0.5) is 5.69 Å². The lowest BCUT2D eigenvalue weighted by Gasteiger charge is -2.29. The highest BCUT2D eigenvalue weighted by Crippen LogP contribution is 2.28. The fourth-order valence-corrected chi connectivity index (χ4v) is 4.18. The quantitative estimate of drug-likeness (QED) is 0.497. The minimum atomic E-state index is 0.175. The smallest absolute Gasteiger partial charge is 0.230 e. The third kappa shape index (κ3) is 5.02. The summed E-state index contributed by atoms with van der Waals surface area (Å²) >= 11 is 0. The van der Waals surface area contributed by atoms with Crippen molar-refractivity contribution in [2.45, 2.75) is 32.6 Å². The predicted molar refractivity (Wildman–Crippen MR) is 122 cm³/mol. The standard InChI is InChI=1S/C25H30N4O2/c1-3-29(4-2)22-12-10-19(11-13-22)23(30)18-28-16-14-21(15-17-28)25-26-24(27-31-25)20-8-6-5-7-9-20/h5-13,21H,3-4,14-18H2,1-2H3. The van der Waals surface area contributed by atoms with Crippen LogP contribution in [0.15, 0.2) is 59.1 Å². The Labute approximate surface area is 183 Å². The van der Waals surface area contributed by atoms with Gasteiger partial charge in [0.2, 0.25) is 11.7 Å². The molecule has 2 heterocycles. The molecule has 0 N–H and O–H groups in total. The molecule has 0 amide bonds. The average molecular weight is 419 g/mol. The van der Waals surface area contributed by atoms with Gasteiger partial charge >= 0.3 is 0 Å². The van der Waals surface area contributed by atoms with Crippen molar-refractivity contribution in [3.05, 3.63) is 66.1 Å². The highest BCUT2D eigenvalue weighted by atomic mass is 16.5. The number of benzene rings is 2. The average Bonchev–Trinajstić information content (AvgIpc) is 3.32. The van der Waals surface area contributed by atoms with Gasteiger partial charge in [0.05, 0.1) is 6.54 Å². The summed E-state index contributed by atoms with van der Waals surface area (Å²) in [5.74, 6) is 1.77. The van der Waals surface area contributed by atoms with E-state index in [-0.39, 0.29) is 11.7 Å². The molecule has 0 bridgehead atoms. The zero-order chi connectivity index (χ0) is 21.6. The number of aromatic nitrogens is 2. The topological polar surface area (TPSA) is 62.5 Å². The van der Waals surface area contributed by atoms with Crippen LogP contribution in [0.25, 0.3) is 11.4 Å². The molecule has 1 aliphatic rings. The van der Waals surface area contributed by atoms with Crippen LogP contribution in [0.2, 0.25) is 0 Å². The molecule has 1 saturated heterocycles. The minimum absolute atomic E-state index is 0.175. The number of piperidine rings is 1. The number of nitrogens with zero attached hydrogens (tertiary/aromatic N) is 4. The third-order valence-electron chi connectivity index (χ3n) is 6.10. The summed E-state index contributed by atoms with van der Waals surface area (Å²) in [5.41, 5.74) is 2.91. The highest BCUT2D eigenvalue weighted by Gasteiger charge is 2.26. The number of ketones is 1. The Kier molecular flexibility index (Phi) is 6.77. The van der Waals surface area contributed by atoms with Crippen LogP contribution in [0, 0.1) is 0 Å². The van der Waals surface area contributed by atoms with E-state index in [1.165, 1.54) is 0 Å². The normalized spacial score (nSPS) is 15.2. The number of likely N-dealkylation sites (tertiary alicyclic amines) is 1. The van der Waals surface area contributed by atoms with Gasteiger partial charge in [-0.1, -0.05) is 35.5 Å². The van der Waals surface area contributed by atoms with E-state index >= 15 is 0 Å². The molecular weight excluding hydrogens is 388 g/mol. The van der Waals surface area contributed by atoms with Crippen molar-refractivity contribution in [1.29, 1.82) is 0 Å². The van der Waals surface area contributed by atoms with Gasteiger partial charge in [-0.2, -0.15) is 4.98 Å². The predicted octanol–water partition coefficient (Wildman–Crippen LogP) is 4.65. The van der Waals surface area contributed by atoms with Crippen LogP contribution in [0.5, 0.6) is 0 Å². The molecule has 4 rings (SSSR count). The largest absolute Gasteiger partial charge is 0.372 e. The zero-order valence-corrected chi connectivity index (χ0v) is 18.3. The van der Waals surface area contributed by atoms with Crippen molar-refractivity contribution < 1.29 is 9.32 Å². The third-order valence-corrected chi connectivity index (χ3v) is 6.10. The van der Waals surface area contributed by atoms with Crippen LogP contribution >= 0.6 is 0 Å².